The lowest BCUT2D eigenvalue weighted by atomic mass is 10.0. The highest BCUT2D eigenvalue weighted by Gasteiger charge is 2.30. The standard InChI is InChI=1S/C22H37N7O5/c1-11(2)7-17(21(33)28-16(19(23)31)8-15-9-24-10-25-15)29-20(32)13(5)26-22(34)18(12(3)4)27-14(6)30/h9-13,16-18H,7-8H2,1-6H3,(H2,23,31)(H,24,25)(H,26,34)(H,27,30)(H,28,33)(H,29,32)/t13-,16-,17-,18-/m0/s1. The molecular weight excluding hydrogens is 442 g/mol. The number of aromatic amines is 1. The van der Waals surface area contributed by atoms with Crippen LogP contribution in [-0.2, 0) is 30.4 Å². The first-order chi connectivity index (χ1) is 15.8. The minimum atomic E-state index is -0.999. The van der Waals surface area contributed by atoms with E-state index in [1.165, 1.54) is 26.4 Å². The summed E-state index contributed by atoms with van der Waals surface area (Å²) in [5, 5.41) is 10.4. The number of carbonyl (C=O) groups excluding carboxylic acids is 5. The van der Waals surface area contributed by atoms with Gasteiger partial charge in [0, 0.05) is 25.2 Å². The van der Waals surface area contributed by atoms with Crippen molar-refractivity contribution in [2.45, 2.75) is 78.6 Å². The van der Waals surface area contributed by atoms with E-state index in [0.29, 0.717) is 12.1 Å². The van der Waals surface area contributed by atoms with E-state index >= 15 is 0 Å². The van der Waals surface area contributed by atoms with Crippen molar-refractivity contribution in [1.29, 1.82) is 0 Å². The van der Waals surface area contributed by atoms with Crippen molar-refractivity contribution in [3.8, 4) is 0 Å². The Balaban J connectivity index is 2.85. The van der Waals surface area contributed by atoms with E-state index in [0.717, 1.165) is 0 Å². The molecule has 0 bridgehead atoms. The lowest BCUT2D eigenvalue weighted by molar-refractivity contribution is -0.134. The summed E-state index contributed by atoms with van der Waals surface area (Å²) >= 11 is 0. The fourth-order valence-electron chi connectivity index (χ4n) is 3.23. The third kappa shape index (κ3) is 9.59. The van der Waals surface area contributed by atoms with Gasteiger partial charge in [0.25, 0.3) is 0 Å². The van der Waals surface area contributed by atoms with Gasteiger partial charge in [-0.2, -0.15) is 0 Å². The molecule has 1 aromatic rings. The summed E-state index contributed by atoms with van der Waals surface area (Å²) in [5.74, 6) is -2.89. The quantitative estimate of drug-likeness (QED) is 0.213. The predicted molar refractivity (Wildman–Crippen MR) is 125 cm³/mol. The van der Waals surface area contributed by atoms with Crippen molar-refractivity contribution in [1.82, 2.24) is 31.2 Å². The van der Waals surface area contributed by atoms with Gasteiger partial charge in [-0.3, -0.25) is 24.0 Å². The van der Waals surface area contributed by atoms with E-state index < -0.39 is 47.8 Å². The lowest BCUT2D eigenvalue weighted by Crippen LogP contribution is -2.58. The number of nitrogens with two attached hydrogens (primary N) is 1. The average Bonchev–Trinajstić information content (AvgIpc) is 3.23. The summed E-state index contributed by atoms with van der Waals surface area (Å²) in [5.41, 5.74) is 6.06. The Labute approximate surface area is 199 Å². The summed E-state index contributed by atoms with van der Waals surface area (Å²) in [6.07, 6.45) is 3.39. The number of hydrogen-bond donors (Lipinski definition) is 6. The maximum atomic E-state index is 12.9. The second-order valence-electron chi connectivity index (χ2n) is 9.09. The number of hydrogen-bond acceptors (Lipinski definition) is 6. The van der Waals surface area contributed by atoms with E-state index in [9.17, 15) is 24.0 Å². The first-order valence-corrected chi connectivity index (χ1v) is 11.3. The topological polar surface area (TPSA) is 188 Å². The molecule has 34 heavy (non-hydrogen) atoms. The summed E-state index contributed by atoms with van der Waals surface area (Å²) in [6.45, 7) is 10.1. The molecule has 0 fully saturated rings. The van der Waals surface area contributed by atoms with E-state index in [4.69, 9.17) is 5.73 Å². The first-order valence-electron chi connectivity index (χ1n) is 11.3. The molecule has 0 aliphatic rings. The molecule has 0 spiro atoms. The zero-order chi connectivity index (χ0) is 26.0. The first kappa shape index (κ1) is 28.6. The molecule has 5 amide bonds. The van der Waals surface area contributed by atoms with Crippen molar-refractivity contribution < 1.29 is 24.0 Å². The smallest absolute Gasteiger partial charge is 0.243 e. The molecule has 1 heterocycles. The Morgan fingerprint density at radius 3 is 2.00 bits per heavy atom. The third-order valence-corrected chi connectivity index (χ3v) is 5.04. The van der Waals surface area contributed by atoms with Gasteiger partial charge in [0.2, 0.25) is 29.5 Å². The number of H-pyrrole nitrogens is 1. The molecule has 0 aromatic carbocycles. The SMILES string of the molecule is CC(=O)N[C@H](C(=O)N[C@@H](C)C(=O)N[C@@H](CC(C)C)C(=O)N[C@@H](Cc1cnc[nH]1)C(N)=O)C(C)C. The van der Waals surface area contributed by atoms with Crippen LogP contribution in [0.2, 0.25) is 0 Å². The molecule has 0 saturated carbocycles. The number of rotatable bonds is 13. The molecule has 7 N–H and O–H groups in total. The molecule has 0 aliphatic carbocycles. The molecule has 0 saturated heterocycles. The molecule has 12 nitrogen and oxygen atoms in total. The van der Waals surface area contributed by atoms with Crippen molar-refractivity contribution in [2.75, 3.05) is 0 Å². The van der Waals surface area contributed by atoms with E-state index in [1.54, 1.807) is 13.8 Å². The number of primary amides is 1. The Hall–Kier alpha value is -3.44. The van der Waals surface area contributed by atoms with Gasteiger partial charge >= 0.3 is 0 Å². The molecule has 190 valence electrons. The molecular formula is C22H37N7O5. The molecule has 0 aliphatic heterocycles. The maximum Gasteiger partial charge on any atom is 0.243 e. The summed E-state index contributed by atoms with van der Waals surface area (Å²) in [7, 11) is 0. The van der Waals surface area contributed by atoms with Crippen LogP contribution in [0.15, 0.2) is 12.5 Å². The second-order valence-corrected chi connectivity index (χ2v) is 9.09. The van der Waals surface area contributed by atoms with E-state index in [1.807, 2.05) is 13.8 Å². The van der Waals surface area contributed by atoms with Crippen LogP contribution in [0.5, 0.6) is 0 Å². The van der Waals surface area contributed by atoms with Gasteiger partial charge in [-0.15, -0.1) is 0 Å². The van der Waals surface area contributed by atoms with E-state index in [2.05, 4.69) is 31.2 Å². The second kappa shape index (κ2) is 13.3. The summed E-state index contributed by atoms with van der Waals surface area (Å²) < 4.78 is 0. The molecule has 1 rings (SSSR count). The minimum Gasteiger partial charge on any atom is -0.368 e. The number of amides is 5. The van der Waals surface area contributed by atoms with Crippen LogP contribution in [-0.4, -0.2) is 63.7 Å². The van der Waals surface area contributed by atoms with Gasteiger partial charge in [-0.25, -0.2) is 4.98 Å². The lowest BCUT2D eigenvalue weighted by Gasteiger charge is -2.26. The van der Waals surface area contributed by atoms with Gasteiger partial charge in [0.05, 0.1) is 6.33 Å². The Morgan fingerprint density at radius 1 is 0.912 bits per heavy atom. The van der Waals surface area contributed by atoms with Crippen LogP contribution in [0, 0.1) is 11.8 Å². The zero-order valence-electron chi connectivity index (χ0n) is 20.6. The number of nitrogens with one attached hydrogen (secondary N) is 5. The summed E-state index contributed by atoms with van der Waals surface area (Å²) in [4.78, 5) is 68.2. The number of carbonyl (C=O) groups is 5. The number of nitrogens with zero attached hydrogens (tertiary/aromatic N) is 1. The van der Waals surface area contributed by atoms with E-state index in [-0.39, 0.29) is 24.2 Å². The largest absolute Gasteiger partial charge is 0.368 e. The molecule has 1 aromatic heterocycles. The average molecular weight is 480 g/mol. The van der Waals surface area contributed by atoms with Crippen LogP contribution < -0.4 is 27.0 Å². The number of imidazole rings is 1. The highest BCUT2D eigenvalue weighted by atomic mass is 16.2. The Morgan fingerprint density at radius 2 is 1.53 bits per heavy atom. The molecule has 0 radical (unpaired) electrons. The normalized spacial score (nSPS) is 14.6. The van der Waals surface area contributed by atoms with Gasteiger partial charge < -0.3 is 32.0 Å². The highest BCUT2D eigenvalue weighted by Crippen LogP contribution is 2.08. The molecule has 12 heteroatoms. The minimum absolute atomic E-state index is 0.0469. The van der Waals surface area contributed by atoms with Crippen LogP contribution in [0.3, 0.4) is 0 Å². The Kier molecular flexibility index (Phi) is 11.2. The summed E-state index contributed by atoms with van der Waals surface area (Å²) in [6, 6.07) is -3.73. The van der Waals surface area contributed by atoms with Gasteiger partial charge in [0.1, 0.15) is 24.2 Å². The van der Waals surface area contributed by atoms with Crippen LogP contribution in [0.25, 0.3) is 0 Å². The fourth-order valence-corrected chi connectivity index (χ4v) is 3.23. The van der Waals surface area contributed by atoms with Crippen LogP contribution in [0.1, 0.15) is 53.7 Å². The predicted octanol–water partition coefficient (Wildman–Crippen LogP) is -0.881. The van der Waals surface area contributed by atoms with Crippen molar-refractivity contribution in [2.24, 2.45) is 17.6 Å². The maximum absolute atomic E-state index is 12.9. The zero-order valence-corrected chi connectivity index (χ0v) is 20.6. The number of aromatic nitrogens is 2. The fraction of sp³-hybridized carbons (Fsp3) is 0.636. The van der Waals surface area contributed by atoms with Gasteiger partial charge in [-0.1, -0.05) is 27.7 Å². The van der Waals surface area contributed by atoms with Crippen molar-refractivity contribution >= 4 is 29.5 Å². The van der Waals surface area contributed by atoms with Gasteiger partial charge in [-0.05, 0) is 25.2 Å². The van der Waals surface area contributed by atoms with Crippen LogP contribution in [0.4, 0.5) is 0 Å². The van der Waals surface area contributed by atoms with Crippen molar-refractivity contribution in [3.63, 3.8) is 0 Å². The van der Waals surface area contributed by atoms with Gasteiger partial charge in [0.15, 0.2) is 0 Å². The molecule has 0 unspecified atom stereocenters. The van der Waals surface area contributed by atoms with Crippen LogP contribution >= 0.6 is 0 Å². The highest BCUT2D eigenvalue weighted by molar-refractivity contribution is 5.95. The monoisotopic (exact) mass is 479 g/mol. The van der Waals surface area contributed by atoms with Crippen molar-refractivity contribution in [3.05, 3.63) is 18.2 Å². The Bertz CT molecular complexity index is 854. The third-order valence-electron chi connectivity index (χ3n) is 5.04. The molecule has 4 atom stereocenters.